The normalized spacial score (nSPS) is 23.8. The van der Waals surface area contributed by atoms with Gasteiger partial charge in [-0.3, -0.25) is 0 Å². The Bertz CT molecular complexity index is 456. The topological polar surface area (TPSA) is 41.5 Å². The number of rotatable bonds is 6. The molecule has 1 aromatic carbocycles. The maximum Gasteiger partial charge on any atom is 0.0945 e. The zero-order chi connectivity index (χ0) is 15.2. The van der Waals surface area contributed by atoms with Crippen LogP contribution in [-0.4, -0.2) is 30.5 Å². The Morgan fingerprint density at radius 1 is 1.33 bits per heavy atom. The fourth-order valence-electron chi connectivity index (χ4n) is 2.68. The highest BCUT2D eigenvalue weighted by Gasteiger charge is 2.22. The number of hydrogen-bond donors (Lipinski definition) is 2. The van der Waals surface area contributed by atoms with E-state index in [-0.39, 0.29) is 6.10 Å². The van der Waals surface area contributed by atoms with E-state index in [1.54, 1.807) is 18.2 Å². The highest BCUT2D eigenvalue weighted by molar-refractivity contribution is 6.36. The smallest absolute Gasteiger partial charge is 0.0945 e. The highest BCUT2D eigenvalue weighted by Crippen LogP contribution is 2.27. The SMILES string of the molecule is CC1CCCCC1OCC(O)CNc1ccc(Cl)cc1Cl. The van der Waals surface area contributed by atoms with Crippen molar-refractivity contribution in [3.63, 3.8) is 0 Å². The Hall–Kier alpha value is -0.480. The first-order valence-electron chi connectivity index (χ1n) is 7.55. The fraction of sp³-hybridized carbons (Fsp3) is 0.625. The van der Waals surface area contributed by atoms with Gasteiger partial charge in [0.1, 0.15) is 0 Å². The molecule has 0 bridgehead atoms. The molecule has 1 aromatic rings. The molecule has 3 nitrogen and oxygen atoms in total. The molecule has 3 atom stereocenters. The van der Waals surface area contributed by atoms with Crippen LogP contribution in [0, 0.1) is 5.92 Å². The maximum atomic E-state index is 10.0. The standard InChI is InChI=1S/C16H23Cl2NO2/c1-11-4-2-3-5-16(11)21-10-13(20)9-19-15-7-6-12(17)8-14(15)18/h6-8,11,13,16,19-20H,2-5,9-10H2,1H3. The molecular formula is C16H23Cl2NO2. The Balaban J connectivity index is 1.73. The van der Waals surface area contributed by atoms with Crippen molar-refractivity contribution in [1.82, 2.24) is 0 Å². The molecule has 5 heteroatoms. The van der Waals surface area contributed by atoms with Crippen LogP contribution in [0.5, 0.6) is 0 Å². The predicted molar refractivity (Wildman–Crippen MR) is 88.3 cm³/mol. The van der Waals surface area contributed by atoms with E-state index in [1.165, 1.54) is 19.3 Å². The molecule has 0 heterocycles. The van der Waals surface area contributed by atoms with Crippen molar-refractivity contribution in [1.29, 1.82) is 0 Å². The molecule has 1 saturated carbocycles. The number of hydrogen-bond acceptors (Lipinski definition) is 3. The molecule has 21 heavy (non-hydrogen) atoms. The van der Waals surface area contributed by atoms with Gasteiger partial charge < -0.3 is 15.2 Å². The molecule has 0 amide bonds. The molecule has 1 aliphatic carbocycles. The molecule has 3 unspecified atom stereocenters. The third kappa shape index (κ3) is 5.33. The largest absolute Gasteiger partial charge is 0.389 e. The number of benzene rings is 1. The first kappa shape index (κ1) is 16.9. The molecule has 0 spiro atoms. The zero-order valence-electron chi connectivity index (χ0n) is 12.3. The van der Waals surface area contributed by atoms with E-state index >= 15 is 0 Å². The minimum absolute atomic E-state index is 0.285. The van der Waals surface area contributed by atoms with Crippen LogP contribution in [-0.2, 0) is 4.74 Å². The van der Waals surface area contributed by atoms with E-state index < -0.39 is 6.10 Å². The van der Waals surface area contributed by atoms with E-state index in [2.05, 4.69) is 12.2 Å². The Labute approximate surface area is 136 Å². The summed E-state index contributed by atoms with van der Waals surface area (Å²) in [6, 6.07) is 5.25. The predicted octanol–water partition coefficient (Wildman–Crippen LogP) is 4.36. The van der Waals surface area contributed by atoms with Gasteiger partial charge in [0, 0.05) is 11.6 Å². The molecule has 0 radical (unpaired) electrons. The minimum Gasteiger partial charge on any atom is -0.389 e. The molecule has 1 aliphatic rings. The molecule has 2 rings (SSSR count). The van der Waals surface area contributed by atoms with Gasteiger partial charge in [-0.05, 0) is 37.0 Å². The summed E-state index contributed by atoms with van der Waals surface area (Å²) >= 11 is 11.9. The summed E-state index contributed by atoms with van der Waals surface area (Å²) in [7, 11) is 0. The van der Waals surface area contributed by atoms with Crippen molar-refractivity contribution in [3.05, 3.63) is 28.2 Å². The zero-order valence-corrected chi connectivity index (χ0v) is 13.8. The van der Waals surface area contributed by atoms with Gasteiger partial charge >= 0.3 is 0 Å². The van der Waals surface area contributed by atoms with E-state index in [4.69, 9.17) is 27.9 Å². The molecule has 0 saturated heterocycles. The lowest BCUT2D eigenvalue weighted by Crippen LogP contribution is -2.32. The summed E-state index contributed by atoms with van der Waals surface area (Å²) in [4.78, 5) is 0. The first-order chi connectivity index (χ1) is 10.1. The highest BCUT2D eigenvalue weighted by atomic mass is 35.5. The van der Waals surface area contributed by atoms with E-state index in [9.17, 15) is 5.11 Å². The second kappa shape index (κ2) is 8.23. The van der Waals surface area contributed by atoms with Crippen LogP contribution >= 0.6 is 23.2 Å². The van der Waals surface area contributed by atoms with Crippen LogP contribution in [0.25, 0.3) is 0 Å². The van der Waals surface area contributed by atoms with Crippen molar-refractivity contribution in [3.8, 4) is 0 Å². The van der Waals surface area contributed by atoms with Crippen molar-refractivity contribution in [2.75, 3.05) is 18.5 Å². The quantitative estimate of drug-likeness (QED) is 0.813. The van der Waals surface area contributed by atoms with Crippen LogP contribution in [0.4, 0.5) is 5.69 Å². The number of halogens is 2. The Kier molecular flexibility index (Phi) is 6.62. The van der Waals surface area contributed by atoms with Crippen LogP contribution in [0.1, 0.15) is 32.6 Å². The van der Waals surface area contributed by atoms with Gasteiger partial charge in [-0.2, -0.15) is 0 Å². The molecule has 2 N–H and O–H groups in total. The summed E-state index contributed by atoms with van der Waals surface area (Å²) in [5.74, 6) is 0.588. The number of anilines is 1. The van der Waals surface area contributed by atoms with E-state index in [1.807, 2.05) is 0 Å². The maximum absolute atomic E-state index is 10.0. The summed E-state index contributed by atoms with van der Waals surface area (Å²) in [5, 5.41) is 14.3. The second-order valence-electron chi connectivity index (χ2n) is 5.79. The number of aliphatic hydroxyl groups excluding tert-OH is 1. The van der Waals surface area contributed by atoms with Crippen LogP contribution < -0.4 is 5.32 Å². The Morgan fingerprint density at radius 3 is 2.81 bits per heavy atom. The van der Waals surface area contributed by atoms with Gasteiger partial charge in [0.15, 0.2) is 0 Å². The molecule has 1 fully saturated rings. The number of aliphatic hydroxyl groups is 1. The minimum atomic E-state index is -0.550. The van der Waals surface area contributed by atoms with Crippen molar-refractivity contribution in [2.45, 2.75) is 44.8 Å². The summed E-state index contributed by atoms with van der Waals surface area (Å²) < 4.78 is 5.85. The molecule has 0 aliphatic heterocycles. The van der Waals surface area contributed by atoms with E-state index in [0.717, 1.165) is 12.1 Å². The van der Waals surface area contributed by atoms with Crippen LogP contribution in [0.2, 0.25) is 10.0 Å². The monoisotopic (exact) mass is 331 g/mol. The molecule has 118 valence electrons. The average Bonchev–Trinajstić information content (AvgIpc) is 2.45. The summed E-state index contributed by atoms with van der Waals surface area (Å²) in [6.07, 6.45) is 4.58. The summed E-state index contributed by atoms with van der Waals surface area (Å²) in [6.45, 7) is 2.98. The lowest BCUT2D eigenvalue weighted by Gasteiger charge is -2.29. The van der Waals surface area contributed by atoms with Gasteiger partial charge in [0.25, 0.3) is 0 Å². The third-order valence-corrected chi connectivity index (χ3v) is 4.54. The van der Waals surface area contributed by atoms with Crippen molar-refractivity contribution >= 4 is 28.9 Å². The third-order valence-electron chi connectivity index (χ3n) is 3.99. The molecule has 0 aromatic heterocycles. The lowest BCUT2D eigenvalue weighted by molar-refractivity contribution is -0.0424. The number of nitrogens with one attached hydrogen (secondary N) is 1. The van der Waals surface area contributed by atoms with Gasteiger partial charge in [-0.1, -0.05) is 43.0 Å². The Morgan fingerprint density at radius 2 is 2.10 bits per heavy atom. The van der Waals surface area contributed by atoms with Crippen molar-refractivity contribution in [2.24, 2.45) is 5.92 Å². The fourth-order valence-corrected chi connectivity index (χ4v) is 3.16. The van der Waals surface area contributed by atoms with Crippen LogP contribution in [0.15, 0.2) is 18.2 Å². The van der Waals surface area contributed by atoms with Crippen LogP contribution in [0.3, 0.4) is 0 Å². The molecular weight excluding hydrogens is 309 g/mol. The number of ether oxygens (including phenoxy) is 1. The van der Waals surface area contributed by atoms with Gasteiger partial charge in [0.2, 0.25) is 0 Å². The second-order valence-corrected chi connectivity index (χ2v) is 6.64. The van der Waals surface area contributed by atoms with E-state index in [0.29, 0.717) is 29.1 Å². The van der Waals surface area contributed by atoms with Gasteiger partial charge in [-0.15, -0.1) is 0 Å². The average molecular weight is 332 g/mol. The lowest BCUT2D eigenvalue weighted by atomic mass is 9.88. The van der Waals surface area contributed by atoms with Gasteiger partial charge in [-0.25, -0.2) is 0 Å². The van der Waals surface area contributed by atoms with Crippen molar-refractivity contribution < 1.29 is 9.84 Å². The summed E-state index contributed by atoms with van der Waals surface area (Å²) in [5.41, 5.74) is 0.770. The van der Waals surface area contributed by atoms with Gasteiger partial charge in [0.05, 0.1) is 29.5 Å². The first-order valence-corrected chi connectivity index (χ1v) is 8.30.